The maximum absolute atomic E-state index is 6.26. The third-order valence-corrected chi connectivity index (χ3v) is 3.67. The van der Waals surface area contributed by atoms with Gasteiger partial charge in [0.1, 0.15) is 0 Å². The lowest BCUT2D eigenvalue weighted by molar-refractivity contribution is 0.604. The molecule has 1 heteroatoms. The summed E-state index contributed by atoms with van der Waals surface area (Å²) in [5.74, 6) is 0. The maximum atomic E-state index is 6.26. The predicted octanol–water partition coefficient (Wildman–Crippen LogP) is 3.76. The van der Waals surface area contributed by atoms with Crippen molar-refractivity contribution in [1.29, 1.82) is 0 Å². The Morgan fingerprint density at radius 3 is 2.59 bits per heavy atom. The van der Waals surface area contributed by atoms with Gasteiger partial charge in [0, 0.05) is 6.04 Å². The first kappa shape index (κ1) is 12.4. The Bertz CT molecular complexity index is 375. The first-order chi connectivity index (χ1) is 8.25. The molecular weight excluding hydrogens is 206 g/mol. The molecule has 2 N–H and O–H groups in total. The van der Waals surface area contributed by atoms with Crippen molar-refractivity contribution in [3.05, 3.63) is 47.0 Å². The van der Waals surface area contributed by atoms with E-state index >= 15 is 0 Å². The highest BCUT2D eigenvalue weighted by molar-refractivity contribution is 5.22. The molecule has 0 fully saturated rings. The van der Waals surface area contributed by atoms with Crippen LogP contribution in [0.4, 0.5) is 0 Å². The van der Waals surface area contributed by atoms with Crippen LogP contribution in [0.2, 0.25) is 0 Å². The number of allylic oxidation sites excluding steroid dienone is 1. The average Bonchev–Trinajstić information content (AvgIpc) is 2.39. The number of rotatable bonds is 4. The van der Waals surface area contributed by atoms with E-state index in [2.05, 4.69) is 37.3 Å². The highest BCUT2D eigenvalue weighted by atomic mass is 14.6. The molecule has 1 aliphatic carbocycles. The van der Waals surface area contributed by atoms with Gasteiger partial charge in [-0.2, -0.15) is 0 Å². The van der Waals surface area contributed by atoms with Crippen LogP contribution in [0.1, 0.15) is 43.2 Å². The quantitative estimate of drug-likeness (QED) is 0.782. The van der Waals surface area contributed by atoms with Gasteiger partial charge in [-0.25, -0.2) is 0 Å². The van der Waals surface area contributed by atoms with Gasteiger partial charge >= 0.3 is 0 Å². The Kier molecular flexibility index (Phi) is 4.38. The summed E-state index contributed by atoms with van der Waals surface area (Å²) < 4.78 is 0. The van der Waals surface area contributed by atoms with E-state index in [9.17, 15) is 0 Å². The minimum atomic E-state index is 0.275. The summed E-state index contributed by atoms with van der Waals surface area (Å²) in [7, 11) is 0. The Morgan fingerprint density at radius 1 is 1.18 bits per heavy atom. The van der Waals surface area contributed by atoms with Gasteiger partial charge in [0.05, 0.1) is 0 Å². The average molecular weight is 229 g/mol. The molecule has 0 saturated carbocycles. The van der Waals surface area contributed by atoms with Crippen LogP contribution in [-0.2, 0) is 6.42 Å². The van der Waals surface area contributed by atoms with Crippen LogP contribution in [0.3, 0.4) is 0 Å². The van der Waals surface area contributed by atoms with Crippen LogP contribution in [-0.4, -0.2) is 6.04 Å². The summed E-state index contributed by atoms with van der Waals surface area (Å²) in [6.07, 6.45) is 9.65. The monoisotopic (exact) mass is 229 g/mol. The summed E-state index contributed by atoms with van der Waals surface area (Å²) in [4.78, 5) is 0. The van der Waals surface area contributed by atoms with Crippen LogP contribution in [0, 0.1) is 6.92 Å². The van der Waals surface area contributed by atoms with Crippen molar-refractivity contribution in [2.45, 2.75) is 51.5 Å². The molecule has 1 nitrogen and oxygen atoms in total. The molecule has 1 atom stereocenters. The molecule has 1 aromatic carbocycles. The van der Waals surface area contributed by atoms with E-state index in [1.54, 1.807) is 0 Å². The molecule has 17 heavy (non-hydrogen) atoms. The van der Waals surface area contributed by atoms with Crippen molar-refractivity contribution < 1.29 is 0 Å². The zero-order valence-corrected chi connectivity index (χ0v) is 10.8. The number of hydrogen-bond acceptors (Lipinski definition) is 1. The lowest BCUT2D eigenvalue weighted by Gasteiger charge is -2.19. The molecule has 1 unspecified atom stereocenters. The Hall–Kier alpha value is -1.08. The van der Waals surface area contributed by atoms with E-state index in [0.29, 0.717) is 0 Å². The number of hydrogen-bond donors (Lipinski definition) is 1. The third kappa shape index (κ3) is 3.71. The molecule has 0 spiro atoms. The second kappa shape index (κ2) is 6.02. The van der Waals surface area contributed by atoms with Gasteiger partial charge in [-0.05, 0) is 51.0 Å². The van der Waals surface area contributed by atoms with Crippen molar-refractivity contribution >= 4 is 0 Å². The summed E-state index contributed by atoms with van der Waals surface area (Å²) in [5, 5.41) is 0. The van der Waals surface area contributed by atoms with Gasteiger partial charge in [-0.3, -0.25) is 0 Å². The second-order valence-corrected chi connectivity index (χ2v) is 5.16. The summed E-state index contributed by atoms with van der Waals surface area (Å²) in [6, 6.07) is 9.08. The van der Waals surface area contributed by atoms with Crippen molar-refractivity contribution in [3.8, 4) is 0 Å². The molecule has 2 rings (SSSR count). The van der Waals surface area contributed by atoms with E-state index in [1.807, 2.05) is 0 Å². The lowest BCUT2D eigenvalue weighted by Crippen LogP contribution is -2.24. The molecule has 0 bridgehead atoms. The molecular formula is C16H23N. The van der Waals surface area contributed by atoms with Gasteiger partial charge in [0.15, 0.2) is 0 Å². The largest absolute Gasteiger partial charge is 0.324 e. The van der Waals surface area contributed by atoms with E-state index in [0.717, 1.165) is 12.8 Å². The molecule has 1 aromatic rings. The molecule has 92 valence electrons. The summed E-state index contributed by atoms with van der Waals surface area (Å²) in [6.45, 7) is 2.13. The molecule has 0 heterocycles. The summed E-state index contributed by atoms with van der Waals surface area (Å²) >= 11 is 0. The Labute approximate surface area is 105 Å². The van der Waals surface area contributed by atoms with Crippen LogP contribution in [0.15, 0.2) is 35.9 Å². The number of aryl methyl sites for hydroxylation is 2. The van der Waals surface area contributed by atoms with Crippen molar-refractivity contribution in [2.24, 2.45) is 5.73 Å². The summed E-state index contributed by atoms with van der Waals surface area (Å²) in [5.41, 5.74) is 10.5. The highest BCUT2D eigenvalue weighted by Gasteiger charge is 2.11. The lowest BCUT2D eigenvalue weighted by atomic mass is 9.91. The van der Waals surface area contributed by atoms with E-state index in [1.165, 1.54) is 42.4 Å². The molecule has 0 amide bonds. The van der Waals surface area contributed by atoms with Gasteiger partial charge in [0.25, 0.3) is 0 Å². The molecule has 0 radical (unpaired) electrons. The Morgan fingerprint density at radius 2 is 1.94 bits per heavy atom. The molecule has 1 aliphatic rings. The van der Waals surface area contributed by atoms with Crippen LogP contribution in [0.5, 0.6) is 0 Å². The fourth-order valence-corrected chi connectivity index (χ4v) is 2.46. The van der Waals surface area contributed by atoms with Crippen LogP contribution in [0.25, 0.3) is 0 Å². The fraction of sp³-hybridized carbons (Fsp3) is 0.500. The zero-order valence-electron chi connectivity index (χ0n) is 10.8. The van der Waals surface area contributed by atoms with Crippen LogP contribution >= 0.6 is 0 Å². The normalized spacial score (nSPS) is 17.6. The van der Waals surface area contributed by atoms with Crippen molar-refractivity contribution in [1.82, 2.24) is 0 Å². The SMILES string of the molecule is Cc1ccc(CCC(N)C2=CCCCC2)cc1. The highest BCUT2D eigenvalue weighted by Crippen LogP contribution is 2.21. The first-order valence-electron chi connectivity index (χ1n) is 6.76. The van der Waals surface area contributed by atoms with E-state index < -0.39 is 0 Å². The van der Waals surface area contributed by atoms with E-state index in [4.69, 9.17) is 5.73 Å². The topological polar surface area (TPSA) is 26.0 Å². The third-order valence-electron chi connectivity index (χ3n) is 3.67. The molecule has 0 saturated heterocycles. The van der Waals surface area contributed by atoms with E-state index in [-0.39, 0.29) is 6.04 Å². The standard InChI is InChI=1S/C16H23N/c1-13-7-9-14(10-8-13)11-12-16(17)15-5-3-2-4-6-15/h5,7-10,16H,2-4,6,11-12,17H2,1H3. The number of nitrogens with two attached hydrogens (primary N) is 1. The minimum Gasteiger partial charge on any atom is -0.324 e. The predicted molar refractivity (Wildman–Crippen MR) is 74.0 cm³/mol. The second-order valence-electron chi connectivity index (χ2n) is 5.16. The van der Waals surface area contributed by atoms with Crippen molar-refractivity contribution in [2.75, 3.05) is 0 Å². The zero-order chi connectivity index (χ0) is 12.1. The van der Waals surface area contributed by atoms with Gasteiger partial charge in [-0.15, -0.1) is 0 Å². The van der Waals surface area contributed by atoms with Gasteiger partial charge in [-0.1, -0.05) is 41.5 Å². The van der Waals surface area contributed by atoms with Crippen LogP contribution < -0.4 is 5.73 Å². The molecule has 0 aliphatic heterocycles. The minimum absolute atomic E-state index is 0.275. The maximum Gasteiger partial charge on any atom is 0.0256 e. The van der Waals surface area contributed by atoms with Gasteiger partial charge < -0.3 is 5.73 Å². The smallest absolute Gasteiger partial charge is 0.0256 e. The first-order valence-corrected chi connectivity index (χ1v) is 6.76. The van der Waals surface area contributed by atoms with Gasteiger partial charge in [0.2, 0.25) is 0 Å². The number of benzene rings is 1. The Balaban J connectivity index is 1.85. The fourth-order valence-electron chi connectivity index (χ4n) is 2.46. The molecule has 0 aromatic heterocycles. The van der Waals surface area contributed by atoms with Crippen molar-refractivity contribution in [3.63, 3.8) is 0 Å².